The van der Waals surface area contributed by atoms with E-state index in [9.17, 15) is 9.59 Å². The fourth-order valence-electron chi connectivity index (χ4n) is 4.35. The molecule has 0 saturated carbocycles. The van der Waals surface area contributed by atoms with Crippen molar-refractivity contribution in [1.82, 2.24) is 10.2 Å². The smallest absolute Gasteiger partial charge is 0.338 e. The van der Waals surface area contributed by atoms with Crippen LogP contribution in [0.2, 0.25) is 0 Å². The quantitative estimate of drug-likeness (QED) is 0.459. The van der Waals surface area contributed by atoms with Gasteiger partial charge in [-0.25, -0.2) is 9.59 Å². The van der Waals surface area contributed by atoms with E-state index < -0.39 is 12.0 Å². The molecule has 1 heterocycles. The number of hydrogen-bond acceptors (Lipinski definition) is 4. The van der Waals surface area contributed by atoms with Gasteiger partial charge in [-0.15, -0.1) is 0 Å². The molecule has 2 amide bonds. The molecule has 0 bridgehead atoms. The lowest BCUT2D eigenvalue weighted by Gasteiger charge is -2.36. The molecule has 3 aromatic carbocycles. The fourth-order valence-corrected chi connectivity index (χ4v) is 4.35. The molecule has 1 aliphatic rings. The van der Waals surface area contributed by atoms with E-state index >= 15 is 0 Å². The molecule has 176 valence electrons. The summed E-state index contributed by atoms with van der Waals surface area (Å²) in [6, 6.07) is 20.5. The summed E-state index contributed by atoms with van der Waals surface area (Å²) in [5.74, 6) is 0.177. The summed E-state index contributed by atoms with van der Waals surface area (Å²) in [5.41, 5.74) is 2.69. The molecule has 6 heteroatoms. The van der Waals surface area contributed by atoms with Crippen molar-refractivity contribution in [2.45, 2.75) is 46.4 Å². The van der Waals surface area contributed by atoms with Crippen molar-refractivity contribution in [3.05, 3.63) is 89.1 Å². The lowest BCUT2D eigenvalue weighted by atomic mass is 9.90. The Morgan fingerprint density at radius 1 is 1.03 bits per heavy atom. The molecule has 0 aliphatic carbocycles. The van der Waals surface area contributed by atoms with E-state index in [2.05, 4.69) is 5.32 Å². The first-order valence-electron chi connectivity index (χ1n) is 11.6. The third-order valence-corrected chi connectivity index (χ3v) is 5.86. The van der Waals surface area contributed by atoms with Crippen molar-refractivity contribution in [3.63, 3.8) is 0 Å². The predicted molar refractivity (Wildman–Crippen MR) is 132 cm³/mol. The molecule has 0 fully saturated rings. The molecule has 3 aromatic rings. The van der Waals surface area contributed by atoms with E-state index in [1.54, 1.807) is 11.8 Å². The van der Waals surface area contributed by atoms with Gasteiger partial charge in [0.2, 0.25) is 0 Å². The van der Waals surface area contributed by atoms with Crippen molar-refractivity contribution >= 4 is 22.8 Å². The van der Waals surface area contributed by atoms with Crippen LogP contribution in [0.3, 0.4) is 0 Å². The molecule has 0 radical (unpaired) electrons. The molecule has 1 atom stereocenters. The third-order valence-electron chi connectivity index (χ3n) is 5.86. The molecule has 1 aliphatic heterocycles. The summed E-state index contributed by atoms with van der Waals surface area (Å²) in [6.07, 6.45) is -0.299. The van der Waals surface area contributed by atoms with Gasteiger partial charge in [0, 0.05) is 11.3 Å². The highest BCUT2D eigenvalue weighted by molar-refractivity contribution is 5.98. The second-order valence-electron chi connectivity index (χ2n) is 8.54. The Kier molecular flexibility index (Phi) is 6.87. The Morgan fingerprint density at radius 3 is 2.44 bits per heavy atom. The van der Waals surface area contributed by atoms with Gasteiger partial charge in [0.1, 0.15) is 5.75 Å². The predicted octanol–water partition coefficient (Wildman–Crippen LogP) is 5.73. The van der Waals surface area contributed by atoms with Crippen LogP contribution in [-0.2, 0) is 16.1 Å². The summed E-state index contributed by atoms with van der Waals surface area (Å²) in [4.78, 5) is 28.4. The first kappa shape index (κ1) is 23.4. The van der Waals surface area contributed by atoms with E-state index in [1.165, 1.54) is 0 Å². The highest BCUT2D eigenvalue weighted by Gasteiger charge is 2.38. The maximum absolute atomic E-state index is 13.4. The van der Waals surface area contributed by atoms with Crippen LogP contribution in [0.25, 0.3) is 10.8 Å². The van der Waals surface area contributed by atoms with Crippen LogP contribution >= 0.6 is 0 Å². The highest BCUT2D eigenvalue weighted by atomic mass is 16.5. The van der Waals surface area contributed by atoms with E-state index in [0.717, 1.165) is 21.9 Å². The van der Waals surface area contributed by atoms with Crippen LogP contribution in [0, 0.1) is 0 Å². The molecule has 0 aromatic heterocycles. The maximum Gasteiger partial charge on any atom is 0.338 e. The van der Waals surface area contributed by atoms with Crippen molar-refractivity contribution in [2.75, 3.05) is 6.61 Å². The van der Waals surface area contributed by atoms with Crippen molar-refractivity contribution < 1.29 is 19.1 Å². The first-order chi connectivity index (χ1) is 16.4. The molecule has 34 heavy (non-hydrogen) atoms. The number of nitrogens with zero attached hydrogens (tertiary/aromatic N) is 1. The Morgan fingerprint density at radius 2 is 1.74 bits per heavy atom. The van der Waals surface area contributed by atoms with E-state index in [-0.39, 0.29) is 12.1 Å². The van der Waals surface area contributed by atoms with Gasteiger partial charge in [-0.3, -0.25) is 4.90 Å². The Hall–Kier alpha value is -3.80. The molecule has 4 rings (SSSR count). The molecular formula is C28H30N2O4. The van der Waals surface area contributed by atoms with Gasteiger partial charge < -0.3 is 14.8 Å². The molecular weight excluding hydrogens is 428 g/mol. The van der Waals surface area contributed by atoms with Gasteiger partial charge in [-0.1, -0.05) is 60.7 Å². The average Bonchev–Trinajstić information content (AvgIpc) is 2.81. The average molecular weight is 459 g/mol. The fraction of sp³-hybridized carbons (Fsp3) is 0.286. The van der Waals surface area contributed by atoms with Gasteiger partial charge in [0.05, 0.1) is 30.9 Å². The number of rotatable bonds is 7. The molecule has 0 spiro atoms. The molecule has 1 N–H and O–H groups in total. The summed E-state index contributed by atoms with van der Waals surface area (Å²) in [6.45, 7) is 8.15. The SMILES string of the molecule is CCOc1ccc2ccccc2c1C1NC(=O)N(Cc2ccccc2)C(C)=C1C(=O)OC(C)C. The van der Waals surface area contributed by atoms with Crippen molar-refractivity contribution in [3.8, 4) is 5.75 Å². The van der Waals surface area contributed by atoms with Gasteiger partial charge in [-0.05, 0) is 50.1 Å². The number of fused-ring (bicyclic) bond motifs is 1. The Balaban J connectivity index is 1.89. The number of carbonyl (C=O) groups is 2. The Bertz CT molecular complexity index is 1230. The minimum Gasteiger partial charge on any atom is -0.493 e. The highest BCUT2D eigenvalue weighted by Crippen LogP contribution is 2.40. The summed E-state index contributed by atoms with van der Waals surface area (Å²) in [7, 11) is 0. The minimum absolute atomic E-state index is 0.275. The number of ether oxygens (including phenoxy) is 2. The Labute approximate surface area is 200 Å². The van der Waals surface area contributed by atoms with Gasteiger partial charge in [0.25, 0.3) is 0 Å². The molecule has 6 nitrogen and oxygen atoms in total. The van der Waals surface area contributed by atoms with Crippen LogP contribution in [0.4, 0.5) is 4.79 Å². The van der Waals surface area contributed by atoms with Crippen molar-refractivity contribution in [2.24, 2.45) is 0 Å². The van der Waals surface area contributed by atoms with Crippen LogP contribution in [0.15, 0.2) is 78.0 Å². The minimum atomic E-state index is -0.710. The maximum atomic E-state index is 13.4. The van der Waals surface area contributed by atoms with Crippen LogP contribution in [0.1, 0.15) is 44.9 Å². The van der Waals surface area contributed by atoms with Crippen LogP contribution < -0.4 is 10.1 Å². The second kappa shape index (κ2) is 10.00. The lowest BCUT2D eigenvalue weighted by molar-refractivity contribution is -0.143. The summed E-state index contributed by atoms with van der Waals surface area (Å²) in [5, 5.41) is 4.99. The zero-order chi connectivity index (χ0) is 24.2. The number of hydrogen-bond donors (Lipinski definition) is 1. The standard InChI is InChI=1S/C28H30N2O4/c1-5-33-23-16-15-21-13-9-10-14-22(21)25(23)26-24(27(31)34-18(2)3)19(4)30(28(32)29-26)17-20-11-7-6-8-12-20/h6-16,18,26H,5,17H2,1-4H3,(H,29,32). The van der Waals surface area contributed by atoms with Gasteiger partial charge in [-0.2, -0.15) is 0 Å². The number of benzene rings is 3. The van der Waals surface area contributed by atoms with Crippen molar-refractivity contribution in [1.29, 1.82) is 0 Å². The number of carbonyl (C=O) groups excluding carboxylic acids is 2. The van der Waals surface area contributed by atoms with E-state index in [4.69, 9.17) is 9.47 Å². The topological polar surface area (TPSA) is 67.9 Å². The number of esters is 1. The van der Waals surface area contributed by atoms with Crippen LogP contribution in [0.5, 0.6) is 5.75 Å². The molecule has 1 unspecified atom stereocenters. The van der Waals surface area contributed by atoms with Gasteiger partial charge >= 0.3 is 12.0 Å². The third kappa shape index (κ3) is 4.62. The van der Waals surface area contributed by atoms with E-state index in [0.29, 0.717) is 30.2 Å². The largest absolute Gasteiger partial charge is 0.493 e. The number of allylic oxidation sites excluding steroid dienone is 1. The zero-order valence-electron chi connectivity index (χ0n) is 20.0. The molecule has 0 saturated heterocycles. The van der Waals surface area contributed by atoms with E-state index in [1.807, 2.05) is 87.5 Å². The monoisotopic (exact) mass is 458 g/mol. The normalized spacial score (nSPS) is 16.1. The second-order valence-corrected chi connectivity index (χ2v) is 8.54. The number of nitrogens with one attached hydrogen (secondary N) is 1. The van der Waals surface area contributed by atoms with Crippen LogP contribution in [-0.4, -0.2) is 29.6 Å². The zero-order valence-corrected chi connectivity index (χ0v) is 20.0. The number of amides is 2. The van der Waals surface area contributed by atoms with Gasteiger partial charge in [0.15, 0.2) is 0 Å². The summed E-state index contributed by atoms with van der Waals surface area (Å²) >= 11 is 0. The lowest BCUT2D eigenvalue weighted by Crippen LogP contribution is -2.48. The first-order valence-corrected chi connectivity index (χ1v) is 11.6. The summed E-state index contributed by atoms with van der Waals surface area (Å²) < 4.78 is 11.6. The number of urea groups is 1.